The van der Waals surface area contributed by atoms with E-state index in [0.717, 1.165) is 12.8 Å². The molecule has 1 aliphatic carbocycles. The Morgan fingerprint density at radius 3 is 2.77 bits per heavy atom. The van der Waals surface area contributed by atoms with E-state index in [0.29, 0.717) is 23.5 Å². The lowest BCUT2D eigenvalue weighted by Crippen LogP contribution is -2.42. The summed E-state index contributed by atoms with van der Waals surface area (Å²) in [4.78, 5) is 26.8. The van der Waals surface area contributed by atoms with Gasteiger partial charge in [-0.2, -0.15) is 0 Å². The number of benzene rings is 1. The van der Waals surface area contributed by atoms with Gasteiger partial charge in [0, 0.05) is 12.6 Å². The van der Waals surface area contributed by atoms with Gasteiger partial charge in [-0.25, -0.2) is 4.68 Å². The van der Waals surface area contributed by atoms with E-state index in [4.69, 9.17) is 0 Å². The van der Waals surface area contributed by atoms with Crippen molar-refractivity contribution in [3.8, 4) is 0 Å². The van der Waals surface area contributed by atoms with Gasteiger partial charge < -0.3 is 4.90 Å². The minimum absolute atomic E-state index is 0.0407. The van der Waals surface area contributed by atoms with Crippen LogP contribution in [0.4, 0.5) is 0 Å². The van der Waals surface area contributed by atoms with E-state index in [1.807, 2.05) is 17.9 Å². The fourth-order valence-electron chi connectivity index (χ4n) is 3.20. The fraction of sp³-hybridized carbons (Fsp3) is 0.500. The summed E-state index contributed by atoms with van der Waals surface area (Å²) >= 11 is 0. The first-order valence-corrected chi connectivity index (χ1v) is 7.82. The maximum Gasteiger partial charge on any atom is 0.278 e. The van der Waals surface area contributed by atoms with Crippen LogP contribution in [0.1, 0.15) is 32.6 Å². The SMILES string of the molecule is CCN(C(=O)Cn1nnc2ccccc2c1=O)C1CCCC1. The third kappa shape index (κ3) is 2.73. The van der Waals surface area contributed by atoms with Crippen molar-refractivity contribution in [3.63, 3.8) is 0 Å². The third-order valence-electron chi connectivity index (χ3n) is 4.34. The molecule has 1 aromatic heterocycles. The molecule has 6 heteroatoms. The molecular weight excluding hydrogens is 280 g/mol. The van der Waals surface area contributed by atoms with Gasteiger partial charge in [0.15, 0.2) is 0 Å². The number of amides is 1. The van der Waals surface area contributed by atoms with Crippen LogP contribution in [-0.4, -0.2) is 38.4 Å². The number of likely N-dealkylation sites (N-methyl/N-ethyl adjacent to an activating group) is 1. The minimum atomic E-state index is -0.263. The first kappa shape index (κ1) is 14.7. The van der Waals surface area contributed by atoms with Gasteiger partial charge in [0.25, 0.3) is 5.56 Å². The number of carbonyl (C=O) groups excluding carboxylic acids is 1. The molecule has 0 saturated heterocycles. The molecule has 0 spiro atoms. The van der Waals surface area contributed by atoms with Gasteiger partial charge in [-0.1, -0.05) is 30.2 Å². The van der Waals surface area contributed by atoms with Crippen LogP contribution in [0.2, 0.25) is 0 Å². The average Bonchev–Trinajstić information content (AvgIpc) is 3.05. The summed E-state index contributed by atoms with van der Waals surface area (Å²) in [6.07, 6.45) is 4.45. The fourth-order valence-corrected chi connectivity index (χ4v) is 3.20. The molecule has 0 bridgehead atoms. The van der Waals surface area contributed by atoms with Crippen molar-refractivity contribution in [2.24, 2.45) is 0 Å². The molecule has 1 saturated carbocycles. The molecule has 2 aromatic rings. The van der Waals surface area contributed by atoms with Crippen molar-refractivity contribution in [1.29, 1.82) is 0 Å². The van der Waals surface area contributed by atoms with E-state index < -0.39 is 0 Å². The lowest BCUT2D eigenvalue weighted by atomic mass is 10.2. The Labute approximate surface area is 128 Å². The zero-order chi connectivity index (χ0) is 15.5. The number of hydrogen-bond donors (Lipinski definition) is 0. The lowest BCUT2D eigenvalue weighted by molar-refractivity contribution is -0.134. The molecular formula is C16H20N4O2. The van der Waals surface area contributed by atoms with Gasteiger partial charge in [-0.15, -0.1) is 5.10 Å². The quantitative estimate of drug-likeness (QED) is 0.860. The zero-order valence-corrected chi connectivity index (χ0v) is 12.7. The second-order valence-electron chi connectivity index (χ2n) is 5.69. The first-order valence-electron chi connectivity index (χ1n) is 7.82. The molecule has 1 aliphatic rings. The number of aromatic nitrogens is 3. The van der Waals surface area contributed by atoms with Crippen LogP contribution in [0.15, 0.2) is 29.1 Å². The topological polar surface area (TPSA) is 68.1 Å². The molecule has 0 aliphatic heterocycles. The number of hydrogen-bond acceptors (Lipinski definition) is 4. The van der Waals surface area contributed by atoms with Crippen molar-refractivity contribution < 1.29 is 4.79 Å². The molecule has 3 rings (SSSR count). The van der Waals surface area contributed by atoms with Crippen molar-refractivity contribution in [1.82, 2.24) is 19.9 Å². The van der Waals surface area contributed by atoms with Gasteiger partial charge in [-0.3, -0.25) is 9.59 Å². The van der Waals surface area contributed by atoms with Crippen LogP contribution in [0, 0.1) is 0 Å². The van der Waals surface area contributed by atoms with Crippen LogP contribution in [0.5, 0.6) is 0 Å². The largest absolute Gasteiger partial charge is 0.338 e. The van der Waals surface area contributed by atoms with Crippen molar-refractivity contribution >= 4 is 16.8 Å². The highest BCUT2D eigenvalue weighted by atomic mass is 16.2. The first-order chi connectivity index (χ1) is 10.7. The van der Waals surface area contributed by atoms with Crippen molar-refractivity contribution in [2.75, 3.05) is 6.54 Å². The molecule has 1 aromatic carbocycles. The molecule has 0 atom stereocenters. The van der Waals surface area contributed by atoms with E-state index >= 15 is 0 Å². The monoisotopic (exact) mass is 300 g/mol. The average molecular weight is 300 g/mol. The predicted molar refractivity (Wildman–Crippen MR) is 83.4 cm³/mol. The molecule has 0 N–H and O–H groups in total. The van der Waals surface area contributed by atoms with E-state index in [1.54, 1.807) is 18.2 Å². The summed E-state index contributed by atoms with van der Waals surface area (Å²) < 4.78 is 1.17. The van der Waals surface area contributed by atoms with Gasteiger partial charge in [-0.05, 0) is 31.9 Å². The highest BCUT2D eigenvalue weighted by Gasteiger charge is 2.25. The highest BCUT2D eigenvalue weighted by Crippen LogP contribution is 2.23. The summed E-state index contributed by atoms with van der Waals surface area (Å²) in [5, 5.41) is 8.41. The Bertz CT molecular complexity index is 734. The van der Waals surface area contributed by atoms with Gasteiger partial charge in [0.2, 0.25) is 5.91 Å². The minimum Gasteiger partial charge on any atom is -0.338 e. The second kappa shape index (κ2) is 6.25. The van der Waals surface area contributed by atoms with Gasteiger partial charge in [0.05, 0.1) is 5.39 Å². The smallest absolute Gasteiger partial charge is 0.278 e. The molecule has 0 radical (unpaired) electrons. The van der Waals surface area contributed by atoms with Crippen molar-refractivity contribution in [2.45, 2.75) is 45.2 Å². The van der Waals surface area contributed by atoms with Crippen molar-refractivity contribution in [3.05, 3.63) is 34.6 Å². The number of carbonyl (C=O) groups is 1. The summed E-state index contributed by atoms with van der Waals surface area (Å²) in [5.74, 6) is -0.0546. The molecule has 22 heavy (non-hydrogen) atoms. The summed E-state index contributed by atoms with van der Waals surface area (Å²) in [6, 6.07) is 7.36. The van der Waals surface area contributed by atoms with Gasteiger partial charge in [0.1, 0.15) is 12.1 Å². The maximum atomic E-state index is 12.5. The van der Waals surface area contributed by atoms with Crippen LogP contribution in [0.25, 0.3) is 10.9 Å². The van der Waals surface area contributed by atoms with Crippen LogP contribution in [-0.2, 0) is 11.3 Å². The van der Waals surface area contributed by atoms with E-state index in [2.05, 4.69) is 10.3 Å². The number of rotatable bonds is 4. The standard InChI is InChI=1S/C16H20N4O2/c1-2-19(12-7-3-4-8-12)15(21)11-20-16(22)13-9-5-6-10-14(13)17-18-20/h5-6,9-10,12H,2-4,7-8,11H2,1H3. The van der Waals surface area contributed by atoms with Crippen LogP contribution < -0.4 is 5.56 Å². The molecule has 6 nitrogen and oxygen atoms in total. The number of fused-ring (bicyclic) bond motifs is 1. The Balaban J connectivity index is 1.84. The Morgan fingerprint density at radius 2 is 2.05 bits per heavy atom. The number of nitrogens with zero attached hydrogens (tertiary/aromatic N) is 4. The van der Waals surface area contributed by atoms with Crippen LogP contribution >= 0.6 is 0 Å². The summed E-state index contributed by atoms with van der Waals surface area (Å²) in [5.41, 5.74) is 0.292. The molecule has 1 fully saturated rings. The molecule has 1 amide bonds. The van der Waals surface area contributed by atoms with E-state index in [-0.39, 0.29) is 18.0 Å². The molecule has 116 valence electrons. The lowest BCUT2D eigenvalue weighted by Gasteiger charge is -2.27. The van der Waals surface area contributed by atoms with E-state index in [1.165, 1.54) is 17.5 Å². The summed E-state index contributed by atoms with van der Waals surface area (Å²) in [7, 11) is 0. The highest BCUT2D eigenvalue weighted by molar-refractivity contribution is 5.78. The Kier molecular flexibility index (Phi) is 4.18. The second-order valence-corrected chi connectivity index (χ2v) is 5.69. The van der Waals surface area contributed by atoms with Gasteiger partial charge >= 0.3 is 0 Å². The molecule has 0 unspecified atom stereocenters. The summed E-state index contributed by atoms with van der Waals surface area (Å²) in [6.45, 7) is 2.60. The third-order valence-corrected chi connectivity index (χ3v) is 4.34. The maximum absolute atomic E-state index is 12.5. The Hall–Kier alpha value is -2.24. The zero-order valence-electron chi connectivity index (χ0n) is 12.7. The molecule has 1 heterocycles. The Morgan fingerprint density at radius 1 is 1.32 bits per heavy atom. The predicted octanol–water partition coefficient (Wildman–Crippen LogP) is 1.58. The van der Waals surface area contributed by atoms with E-state index in [9.17, 15) is 9.59 Å². The normalized spacial score (nSPS) is 15.3. The van der Waals surface area contributed by atoms with Crippen LogP contribution in [0.3, 0.4) is 0 Å².